The molecule has 22 heavy (non-hydrogen) atoms. The van der Waals surface area contributed by atoms with Crippen LogP contribution < -0.4 is 10.6 Å². The molecule has 5 nitrogen and oxygen atoms in total. The fourth-order valence-electron chi connectivity index (χ4n) is 1.91. The number of aliphatic imine (C=N–C) groups is 1. The number of halogens is 1. The molecule has 1 saturated carbocycles. The van der Waals surface area contributed by atoms with Crippen LogP contribution in [0.25, 0.3) is 0 Å². The van der Waals surface area contributed by atoms with Gasteiger partial charge in [0.25, 0.3) is 0 Å². The van der Waals surface area contributed by atoms with Gasteiger partial charge in [0, 0.05) is 19.6 Å². The highest BCUT2D eigenvalue weighted by Crippen LogP contribution is 2.28. The minimum Gasteiger partial charge on any atom is -0.357 e. The highest BCUT2D eigenvalue weighted by atomic mass is 127. The second-order valence-corrected chi connectivity index (χ2v) is 7.33. The van der Waals surface area contributed by atoms with Crippen LogP contribution in [-0.4, -0.2) is 39.8 Å². The van der Waals surface area contributed by atoms with Crippen LogP contribution in [0.15, 0.2) is 40.2 Å². The summed E-state index contributed by atoms with van der Waals surface area (Å²) in [6.07, 6.45) is 2.51. The van der Waals surface area contributed by atoms with Gasteiger partial charge < -0.3 is 10.6 Å². The molecule has 2 N–H and O–H groups in total. The predicted octanol–water partition coefficient (Wildman–Crippen LogP) is 2.04. The molecule has 0 aliphatic heterocycles. The average molecular weight is 437 g/mol. The number of rotatable bonds is 7. The van der Waals surface area contributed by atoms with Crippen LogP contribution in [0.5, 0.6) is 0 Å². The first-order chi connectivity index (χ1) is 10.1. The van der Waals surface area contributed by atoms with Crippen LogP contribution in [0.1, 0.15) is 19.8 Å². The normalized spacial score (nSPS) is 15.0. The van der Waals surface area contributed by atoms with Gasteiger partial charge >= 0.3 is 0 Å². The number of nitrogens with zero attached hydrogens (tertiary/aromatic N) is 1. The Balaban J connectivity index is 0.00000242. The van der Waals surface area contributed by atoms with Crippen molar-refractivity contribution in [3.63, 3.8) is 0 Å². The maximum absolute atomic E-state index is 12.1. The molecule has 0 spiro atoms. The number of sulfone groups is 1. The third kappa shape index (κ3) is 6.51. The Morgan fingerprint density at radius 1 is 1.23 bits per heavy atom. The smallest absolute Gasteiger partial charge is 0.191 e. The molecule has 0 bridgehead atoms. The van der Waals surface area contributed by atoms with E-state index < -0.39 is 9.84 Å². The number of nitrogens with one attached hydrogen (secondary N) is 2. The summed E-state index contributed by atoms with van der Waals surface area (Å²) in [4.78, 5) is 4.83. The van der Waals surface area contributed by atoms with Crippen LogP contribution in [0, 0.1) is 5.92 Å². The Morgan fingerprint density at radius 2 is 1.91 bits per heavy atom. The molecule has 0 amide bonds. The van der Waals surface area contributed by atoms with Crippen molar-refractivity contribution < 1.29 is 8.42 Å². The monoisotopic (exact) mass is 437 g/mol. The zero-order valence-electron chi connectivity index (χ0n) is 12.8. The summed E-state index contributed by atoms with van der Waals surface area (Å²) in [5.74, 6) is 1.48. The lowest BCUT2D eigenvalue weighted by atomic mass is 10.4. The van der Waals surface area contributed by atoms with E-state index in [-0.39, 0.29) is 29.7 Å². The van der Waals surface area contributed by atoms with Crippen LogP contribution in [0.4, 0.5) is 0 Å². The molecule has 7 heteroatoms. The molecule has 1 aliphatic rings. The summed E-state index contributed by atoms with van der Waals surface area (Å²) in [6.45, 7) is 3.94. The van der Waals surface area contributed by atoms with Gasteiger partial charge in [-0.3, -0.25) is 4.99 Å². The largest absolute Gasteiger partial charge is 0.357 e. The van der Waals surface area contributed by atoms with E-state index >= 15 is 0 Å². The molecule has 0 saturated heterocycles. The first-order valence-corrected chi connectivity index (χ1v) is 9.07. The first-order valence-electron chi connectivity index (χ1n) is 7.42. The van der Waals surface area contributed by atoms with Crippen molar-refractivity contribution in [2.75, 3.05) is 25.4 Å². The van der Waals surface area contributed by atoms with Gasteiger partial charge in [-0.25, -0.2) is 8.42 Å². The average Bonchev–Trinajstić information content (AvgIpc) is 3.30. The van der Waals surface area contributed by atoms with E-state index in [1.54, 1.807) is 24.3 Å². The van der Waals surface area contributed by atoms with E-state index in [0.29, 0.717) is 23.3 Å². The van der Waals surface area contributed by atoms with Gasteiger partial charge in [0.05, 0.1) is 10.6 Å². The van der Waals surface area contributed by atoms with Gasteiger partial charge in [0.2, 0.25) is 0 Å². The van der Waals surface area contributed by atoms with E-state index in [2.05, 4.69) is 15.6 Å². The molecule has 0 radical (unpaired) electrons. The topological polar surface area (TPSA) is 70.6 Å². The quantitative estimate of drug-likeness (QED) is 0.389. The van der Waals surface area contributed by atoms with Crippen molar-refractivity contribution in [1.29, 1.82) is 0 Å². The van der Waals surface area contributed by atoms with Crippen molar-refractivity contribution >= 4 is 39.8 Å². The molecule has 124 valence electrons. The zero-order chi connectivity index (χ0) is 15.1. The van der Waals surface area contributed by atoms with Crippen LogP contribution in [-0.2, 0) is 9.84 Å². The minimum absolute atomic E-state index is 0. The molecule has 2 rings (SSSR count). The molecule has 1 aliphatic carbocycles. The maximum atomic E-state index is 12.1. The third-order valence-corrected chi connectivity index (χ3v) is 5.05. The lowest BCUT2D eigenvalue weighted by Gasteiger charge is -2.11. The van der Waals surface area contributed by atoms with E-state index in [4.69, 9.17) is 0 Å². The Morgan fingerprint density at radius 3 is 2.50 bits per heavy atom. The van der Waals surface area contributed by atoms with Gasteiger partial charge in [-0.15, -0.1) is 24.0 Å². The number of hydrogen-bond acceptors (Lipinski definition) is 3. The van der Waals surface area contributed by atoms with Crippen LogP contribution in [0.2, 0.25) is 0 Å². The van der Waals surface area contributed by atoms with Crippen molar-refractivity contribution in [2.45, 2.75) is 24.7 Å². The van der Waals surface area contributed by atoms with Gasteiger partial charge in [-0.1, -0.05) is 18.2 Å². The maximum Gasteiger partial charge on any atom is 0.191 e. The molecule has 0 heterocycles. The summed E-state index contributed by atoms with van der Waals surface area (Å²) in [6, 6.07) is 8.54. The molecule has 1 aromatic rings. The SMILES string of the molecule is CCNC(=NCC1CC1)NCCS(=O)(=O)c1ccccc1.I. The number of hydrogen-bond donors (Lipinski definition) is 2. The van der Waals surface area contributed by atoms with Crippen molar-refractivity contribution in [1.82, 2.24) is 10.6 Å². The first kappa shape index (κ1) is 19.2. The second kappa shape index (κ2) is 9.34. The highest BCUT2D eigenvalue weighted by Gasteiger charge is 2.20. The molecular formula is C15H24IN3O2S. The standard InChI is InChI=1S/C15H23N3O2S.HI/c1-2-16-15(18-12-13-8-9-13)17-10-11-21(19,20)14-6-4-3-5-7-14;/h3-7,13H,2,8-12H2,1H3,(H2,16,17,18);1H. The highest BCUT2D eigenvalue weighted by molar-refractivity contribution is 14.0. The Bertz CT molecular complexity index is 572. The van der Waals surface area contributed by atoms with E-state index in [9.17, 15) is 8.42 Å². The molecular weight excluding hydrogens is 413 g/mol. The van der Waals surface area contributed by atoms with E-state index in [1.165, 1.54) is 12.8 Å². The Kier molecular flexibility index (Phi) is 8.16. The predicted molar refractivity (Wildman–Crippen MR) is 101 cm³/mol. The second-order valence-electron chi connectivity index (χ2n) is 5.22. The molecule has 0 atom stereocenters. The molecule has 1 fully saturated rings. The van der Waals surface area contributed by atoms with Crippen molar-refractivity contribution in [2.24, 2.45) is 10.9 Å². The van der Waals surface area contributed by atoms with Gasteiger partial charge in [0.1, 0.15) is 0 Å². The van der Waals surface area contributed by atoms with Crippen molar-refractivity contribution in [3.05, 3.63) is 30.3 Å². The summed E-state index contributed by atoms with van der Waals surface area (Å²) in [5, 5.41) is 6.23. The minimum atomic E-state index is -3.24. The molecule has 0 aromatic heterocycles. The summed E-state index contributed by atoms with van der Waals surface area (Å²) < 4.78 is 24.3. The van der Waals surface area contributed by atoms with Crippen LogP contribution in [0.3, 0.4) is 0 Å². The van der Waals surface area contributed by atoms with E-state index in [0.717, 1.165) is 13.1 Å². The summed E-state index contributed by atoms with van der Waals surface area (Å²) in [7, 11) is -3.24. The third-order valence-electron chi connectivity index (χ3n) is 3.31. The lowest BCUT2D eigenvalue weighted by molar-refractivity contribution is 0.594. The molecule has 1 aromatic carbocycles. The summed E-state index contributed by atoms with van der Waals surface area (Å²) >= 11 is 0. The summed E-state index contributed by atoms with van der Waals surface area (Å²) in [5.41, 5.74) is 0. The van der Waals surface area contributed by atoms with Gasteiger partial charge in [0.15, 0.2) is 15.8 Å². The molecule has 0 unspecified atom stereocenters. The van der Waals surface area contributed by atoms with Crippen LogP contribution >= 0.6 is 24.0 Å². The number of guanidine groups is 1. The van der Waals surface area contributed by atoms with Gasteiger partial charge in [-0.05, 0) is 37.8 Å². The zero-order valence-corrected chi connectivity index (χ0v) is 15.9. The van der Waals surface area contributed by atoms with Crippen molar-refractivity contribution in [3.8, 4) is 0 Å². The fraction of sp³-hybridized carbons (Fsp3) is 0.533. The Labute approximate surface area is 149 Å². The lowest BCUT2D eigenvalue weighted by Crippen LogP contribution is -2.39. The Hall–Kier alpha value is -0.830. The number of benzene rings is 1. The van der Waals surface area contributed by atoms with Gasteiger partial charge in [-0.2, -0.15) is 0 Å². The fourth-order valence-corrected chi connectivity index (χ4v) is 3.09. The van der Waals surface area contributed by atoms with E-state index in [1.807, 2.05) is 13.0 Å².